The number of amides is 1. The molecule has 0 atom stereocenters. The molecule has 0 spiro atoms. The van der Waals surface area contributed by atoms with Crippen LogP contribution in [-0.2, 0) is 17.8 Å². The Bertz CT molecular complexity index is 1880. The molecule has 9 heteroatoms. The second kappa shape index (κ2) is 14.2. The molecule has 4 aromatic carbocycles. The van der Waals surface area contributed by atoms with Gasteiger partial charge in [-0.3, -0.25) is 9.59 Å². The number of fused-ring (bicyclic) bond motifs is 2. The van der Waals surface area contributed by atoms with Crippen LogP contribution in [0, 0.1) is 6.92 Å². The molecule has 0 fully saturated rings. The maximum Gasteiger partial charge on any atom is 0.228 e. The maximum atomic E-state index is 13.2. The Balaban J connectivity index is 1.18. The lowest BCUT2D eigenvalue weighted by Crippen LogP contribution is -2.20. The molecule has 0 aliphatic heterocycles. The summed E-state index contributed by atoms with van der Waals surface area (Å²) in [6, 6.07) is 22.4. The molecule has 9 nitrogen and oxygen atoms in total. The number of carbonyl (C=O) groups excluding carboxylic acids is 1. The number of H-pyrrole nitrogens is 1. The second-order valence-corrected chi connectivity index (χ2v) is 11.0. The molecule has 0 aliphatic rings. The SMILES string of the molecule is COc1cc(OCCCN(C)Cc2ccc(OC)c(OC)c2)ccc1NC(=O)Cc1cccc2c(=O)c3cccc(C)c3[nH]c12. The van der Waals surface area contributed by atoms with E-state index in [1.807, 2.05) is 61.5 Å². The van der Waals surface area contributed by atoms with Crippen LogP contribution < -0.4 is 29.7 Å². The van der Waals surface area contributed by atoms with E-state index in [9.17, 15) is 9.59 Å². The van der Waals surface area contributed by atoms with Gasteiger partial charge in [-0.05, 0) is 73.5 Å². The number of nitrogens with one attached hydrogen (secondary N) is 2. The zero-order chi connectivity index (χ0) is 31.9. The normalized spacial score (nSPS) is 11.2. The predicted octanol–water partition coefficient (Wildman–Crippen LogP) is 6.10. The van der Waals surface area contributed by atoms with Gasteiger partial charge in [0.1, 0.15) is 11.5 Å². The molecule has 0 aliphatic carbocycles. The fourth-order valence-electron chi connectivity index (χ4n) is 5.50. The smallest absolute Gasteiger partial charge is 0.228 e. The molecule has 1 heterocycles. The van der Waals surface area contributed by atoms with Gasteiger partial charge in [-0.2, -0.15) is 0 Å². The minimum Gasteiger partial charge on any atom is -0.494 e. The minimum atomic E-state index is -0.224. The van der Waals surface area contributed by atoms with Crippen molar-refractivity contribution in [2.24, 2.45) is 0 Å². The number of hydrogen-bond acceptors (Lipinski definition) is 7. The summed E-state index contributed by atoms with van der Waals surface area (Å²) in [5.41, 5.74) is 4.79. The van der Waals surface area contributed by atoms with E-state index in [0.29, 0.717) is 51.6 Å². The van der Waals surface area contributed by atoms with Gasteiger partial charge in [0.2, 0.25) is 5.91 Å². The molecule has 0 saturated carbocycles. The number of aryl methyl sites for hydroxylation is 1. The van der Waals surface area contributed by atoms with Crippen LogP contribution in [0.25, 0.3) is 21.8 Å². The lowest BCUT2D eigenvalue weighted by Gasteiger charge is -2.18. The molecule has 5 rings (SSSR count). The molecule has 0 unspecified atom stereocenters. The topological polar surface area (TPSA) is 102 Å². The largest absolute Gasteiger partial charge is 0.494 e. The van der Waals surface area contributed by atoms with Gasteiger partial charge >= 0.3 is 0 Å². The van der Waals surface area contributed by atoms with Crippen LogP contribution in [0.15, 0.2) is 77.6 Å². The number of hydrogen-bond donors (Lipinski definition) is 2. The first-order valence-electron chi connectivity index (χ1n) is 14.8. The van der Waals surface area contributed by atoms with E-state index in [-0.39, 0.29) is 17.8 Å². The summed E-state index contributed by atoms with van der Waals surface area (Å²) in [7, 11) is 6.89. The minimum absolute atomic E-state index is 0.0495. The summed E-state index contributed by atoms with van der Waals surface area (Å²) < 4.78 is 22.3. The number of anilines is 1. The summed E-state index contributed by atoms with van der Waals surface area (Å²) >= 11 is 0. The Morgan fingerprint density at radius 1 is 0.844 bits per heavy atom. The van der Waals surface area contributed by atoms with Crippen molar-refractivity contribution in [1.82, 2.24) is 9.88 Å². The van der Waals surface area contributed by atoms with Crippen LogP contribution in [0.2, 0.25) is 0 Å². The molecular formula is C36H39N3O6. The van der Waals surface area contributed by atoms with E-state index in [1.165, 1.54) is 0 Å². The highest BCUT2D eigenvalue weighted by atomic mass is 16.5. The second-order valence-electron chi connectivity index (χ2n) is 11.0. The molecule has 45 heavy (non-hydrogen) atoms. The number of para-hydroxylation sites is 2. The number of ether oxygens (including phenoxy) is 4. The molecule has 0 bridgehead atoms. The Hall–Kier alpha value is -5.02. The van der Waals surface area contributed by atoms with Crippen LogP contribution in [0.1, 0.15) is 23.1 Å². The highest BCUT2D eigenvalue weighted by Crippen LogP contribution is 2.30. The lowest BCUT2D eigenvalue weighted by atomic mass is 10.0. The van der Waals surface area contributed by atoms with Crippen molar-refractivity contribution in [3.05, 3.63) is 99.7 Å². The number of aromatic amines is 1. The van der Waals surface area contributed by atoms with Gasteiger partial charge in [-0.1, -0.05) is 30.3 Å². The standard InChI is InChI=1S/C36H39N3O6/c1-23-9-6-11-27-34(23)38-35-25(10-7-12-28(35)36(27)41)20-33(40)37-29-15-14-26(21-31(29)43-4)45-18-8-17-39(2)22-24-13-16-30(42-3)32(19-24)44-5/h6-7,9-16,19,21H,8,17-18,20,22H2,1-5H3,(H,37,40)(H,38,41). The van der Waals surface area contributed by atoms with E-state index >= 15 is 0 Å². The van der Waals surface area contributed by atoms with Gasteiger partial charge in [0.15, 0.2) is 16.9 Å². The summed E-state index contributed by atoms with van der Waals surface area (Å²) in [4.78, 5) is 32.0. The molecule has 0 radical (unpaired) electrons. The van der Waals surface area contributed by atoms with E-state index in [0.717, 1.165) is 41.7 Å². The first-order chi connectivity index (χ1) is 21.8. The number of nitrogens with zero attached hydrogens (tertiary/aromatic N) is 1. The van der Waals surface area contributed by atoms with Gasteiger partial charge in [-0.15, -0.1) is 0 Å². The maximum absolute atomic E-state index is 13.2. The van der Waals surface area contributed by atoms with E-state index in [4.69, 9.17) is 18.9 Å². The molecule has 1 aromatic heterocycles. The Kier molecular flexibility index (Phi) is 9.89. The van der Waals surface area contributed by atoms with Crippen molar-refractivity contribution in [2.45, 2.75) is 26.3 Å². The van der Waals surface area contributed by atoms with Crippen molar-refractivity contribution < 1.29 is 23.7 Å². The molecule has 2 N–H and O–H groups in total. The Morgan fingerprint density at radius 2 is 1.58 bits per heavy atom. The monoisotopic (exact) mass is 609 g/mol. The van der Waals surface area contributed by atoms with E-state index in [2.05, 4.69) is 22.2 Å². The molecule has 1 amide bonds. The number of benzene rings is 4. The quantitative estimate of drug-likeness (QED) is 0.123. The Labute approximate surface area is 262 Å². The highest BCUT2D eigenvalue weighted by molar-refractivity contribution is 5.99. The van der Waals surface area contributed by atoms with Gasteiger partial charge < -0.3 is 34.1 Å². The fourth-order valence-corrected chi connectivity index (χ4v) is 5.50. The van der Waals surface area contributed by atoms with Crippen molar-refractivity contribution in [3.8, 4) is 23.0 Å². The zero-order valence-corrected chi connectivity index (χ0v) is 26.4. The lowest BCUT2D eigenvalue weighted by molar-refractivity contribution is -0.115. The number of pyridine rings is 1. The average molecular weight is 610 g/mol. The van der Waals surface area contributed by atoms with Gasteiger partial charge in [0.25, 0.3) is 0 Å². The zero-order valence-electron chi connectivity index (χ0n) is 26.4. The summed E-state index contributed by atoms with van der Waals surface area (Å²) in [6.07, 6.45) is 0.912. The summed E-state index contributed by atoms with van der Waals surface area (Å²) in [6.45, 7) is 4.10. The first kappa shape index (κ1) is 31.4. The van der Waals surface area contributed by atoms with Crippen molar-refractivity contribution in [1.29, 1.82) is 0 Å². The third-order valence-electron chi connectivity index (χ3n) is 7.81. The number of rotatable bonds is 13. The predicted molar refractivity (Wildman–Crippen MR) is 178 cm³/mol. The molecule has 0 saturated heterocycles. The van der Waals surface area contributed by atoms with Crippen LogP contribution in [0.5, 0.6) is 23.0 Å². The summed E-state index contributed by atoms with van der Waals surface area (Å²) in [5.74, 6) is 2.36. The van der Waals surface area contributed by atoms with Gasteiger partial charge in [0.05, 0.1) is 51.1 Å². The van der Waals surface area contributed by atoms with Crippen molar-refractivity contribution in [3.63, 3.8) is 0 Å². The average Bonchev–Trinajstić information content (AvgIpc) is 3.04. The van der Waals surface area contributed by atoms with Crippen LogP contribution in [0.3, 0.4) is 0 Å². The molecular weight excluding hydrogens is 570 g/mol. The first-order valence-corrected chi connectivity index (χ1v) is 14.8. The van der Waals surface area contributed by atoms with Gasteiger partial charge in [0, 0.05) is 29.9 Å². The molecule has 234 valence electrons. The van der Waals surface area contributed by atoms with Crippen LogP contribution >= 0.6 is 0 Å². The van der Waals surface area contributed by atoms with Gasteiger partial charge in [-0.25, -0.2) is 0 Å². The summed E-state index contributed by atoms with van der Waals surface area (Å²) in [5, 5.41) is 4.15. The number of methoxy groups -OCH3 is 3. The Morgan fingerprint density at radius 3 is 2.33 bits per heavy atom. The third kappa shape index (κ3) is 7.21. The highest BCUT2D eigenvalue weighted by Gasteiger charge is 2.15. The van der Waals surface area contributed by atoms with E-state index < -0.39 is 0 Å². The van der Waals surface area contributed by atoms with Crippen LogP contribution in [-0.4, -0.2) is 57.3 Å². The third-order valence-corrected chi connectivity index (χ3v) is 7.81. The van der Waals surface area contributed by atoms with Crippen LogP contribution in [0.4, 0.5) is 5.69 Å². The fraction of sp³-hybridized carbons (Fsp3) is 0.278. The van der Waals surface area contributed by atoms with Crippen molar-refractivity contribution >= 4 is 33.4 Å². The molecule has 5 aromatic rings. The van der Waals surface area contributed by atoms with E-state index in [1.54, 1.807) is 39.5 Å². The van der Waals surface area contributed by atoms with Crippen molar-refractivity contribution in [2.75, 3.05) is 46.8 Å². The number of carbonyl (C=O) groups is 1. The number of aromatic nitrogens is 1.